The second kappa shape index (κ2) is 8.03. The summed E-state index contributed by atoms with van der Waals surface area (Å²) in [4.78, 5) is 35.1. The largest absolute Gasteiger partial charge is 0.478 e. The number of carboxylic acids is 1. The van der Waals surface area contributed by atoms with Gasteiger partial charge in [-0.2, -0.15) is 0 Å². The zero-order valence-corrected chi connectivity index (χ0v) is 15.7. The SMILES string of the molecule is CC(C)(C)c1ccc(C(=O)N[C@@H](Cc2ccc(C(=O)O)cc2)C(N)=O)cc1. The molecule has 0 unspecified atom stereocenters. The van der Waals surface area contributed by atoms with Crippen molar-refractivity contribution in [3.05, 3.63) is 70.8 Å². The second-order valence-electron chi connectivity index (χ2n) is 7.46. The van der Waals surface area contributed by atoms with E-state index in [0.29, 0.717) is 11.1 Å². The number of carbonyl (C=O) groups is 3. The van der Waals surface area contributed by atoms with E-state index in [9.17, 15) is 14.4 Å². The number of amides is 2. The highest BCUT2D eigenvalue weighted by molar-refractivity contribution is 5.97. The van der Waals surface area contributed by atoms with Crippen LogP contribution in [0.15, 0.2) is 48.5 Å². The van der Waals surface area contributed by atoms with Crippen molar-refractivity contribution >= 4 is 17.8 Å². The number of carboxylic acid groups (broad SMARTS) is 1. The molecule has 0 saturated heterocycles. The molecule has 6 heteroatoms. The first-order valence-corrected chi connectivity index (χ1v) is 8.61. The first-order chi connectivity index (χ1) is 12.6. The van der Waals surface area contributed by atoms with Gasteiger partial charge in [0.15, 0.2) is 0 Å². The Kier molecular flexibility index (Phi) is 6.00. The average Bonchev–Trinajstić information content (AvgIpc) is 2.60. The van der Waals surface area contributed by atoms with Crippen LogP contribution in [0.2, 0.25) is 0 Å². The molecule has 0 saturated carbocycles. The van der Waals surface area contributed by atoms with Crippen LogP contribution >= 0.6 is 0 Å². The van der Waals surface area contributed by atoms with Gasteiger partial charge in [-0.1, -0.05) is 45.0 Å². The van der Waals surface area contributed by atoms with Crippen molar-refractivity contribution in [3.63, 3.8) is 0 Å². The van der Waals surface area contributed by atoms with Gasteiger partial charge in [-0.25, -0.2) is 4.79 Å². The lowest BCUT2D eigenvalue weighted by Gasteiger charge is -2.19. The summed E-state index contributed by atoms with van der Waals surface area (Å²) in [6, 6.07) is 12.4. The number of benzene rings is 2. The maximum atomic E-state index is 12.5. The Balaban J connectivity index is 2.10. The summed E-state index contributed by atoms with van der Waals surface area (Å²) < 4.78 is 0. The van der Waals surface area contributed by atoms with E-state index in [1.807, 2.05) is 12.1 Å². The predicted octanol–water partition coefficient (Wildman–Crippen LogP) is 2.51. The minimum atomic E-state index is -1.03. The molecular formula is C21H24N2O4. The van der Waals surface area contributed by atoms with Gasteiger partial charge in [0.1, 0.15) is 6.04 Å². The Bertz CT molecular complexity index is 834. The molecule has 4 N–H and O–H groups in total. The number of carbonyl (C=O) groups excluding carboxylic acids is 2. The van der Waals surface area contributed by atoms with Crippen LogP contribution in [0.25, 0.3) is 0 Å². The van der Waals surface area contributed by atoms with Crippen LogP contribution in [-0.2, 0) is 16.6 Å². The fourth-order valence-corrected chi connectivity index (χ4v) is 2.61. The van der Waals surface area contributed by atoms with E-state index in [2.05, 4.69) is 26.1 Å². The molecule has 0 fully saturated rings. The number of hydrogen-bond acceptors (Lipinski definition) is 3. The summed E-state index contributed by atoms with van der Waals surface area (Å²) in [6.07, 6.45) is 0.182. The minimum Gasteiger partial charge on any atom is -0.478 e. The van der Waals surface area contributed by atoms with Gasteiger partial charge in [0.2, 0.25) is 5.91 Å². The first-order valence-electron chi connectivity index (χ1n) is 8.61. The summed E-state index contributed by atoms with van der Waals surface area (Å²) >= 11 is 0. The predicted molar refractivity (Wildman–Crippen MR) is 103 cm³/mol. The standard InChI is InChI=1S/C21H24N2O4/c1-21(2,3)16-10-8-14(9-11-16)19(25)23-17(18(22)24)12-13-4-6-15(7-5-13)20(26)27/h4-11,17H,12H2,1-3H3,(H2,22,24)(H,23,25)(H,26,27)/t17-/m0/s1. The van der Waals surface area contributed by atoms with Gasteiger partial charge in [0.05, 0.1) is 5.56 Å². The zero-order valence-electron chi connectivity index (χ0n) is 15.7. The number of nitrogens with two attached hydrogens (primary N) is 1. The van der Waals surface area contributed by atoms with E-state index in [4.69, 9.17) is 10.8 Å². The van der Waals surface area contributed by atoms with Crippen LogP contribution in [0.4, 0.5) is 0 Å². The number of hydrogen-bond donors (Lipinski definition) is 3. The number of primary amides is 1. The van der Waals surface area contributed by atoms with E-state index in [0.717, 1.165) is 5.56 Å². The molecule has 0 radical (unpaired) electrons. The molecule has 27 heavy (non-hydrogen) atoms. The Morgan fingerprint density at radius 3 is 1.93 bits per heavy atom. The van der Waals surface area contributed by atoms with Gasteiger partial charge in [0.25, 0.3) is 5.91 Å². The van der Waals surface area contributed by atoms with Crippen molar-refractivity contribution in [1.29, 1.82) is 0 Å². The summed E-state index contributed by atoms with van der Waals surface area (Å²) in [7, 11) is 0. The maximum Gasteiger partial charge on any atom is 0.335 e. The van der Waals surface area contributed by atoms with E-state index in [1.54, 1.807) is 24.3 Å². The Labute approximate surface area is 158 Å². The van der Waals surface area contributed by atoms with E-state index < -0.39 is 17.9 Å². The van der Waals surface area contributed by atoms with Crippen LogP contribution in [-0.4, -0.2) is 28.9 Å². The van der Waals surface area contributed by atoms with Gasteiger partial charge in [-0.15, -0.1) is 0 Å². The molecule has 2 amide bonds. The third-order valence-electron chi connectivity index (χ3n) is 4.30. The highest BCUT2D eigenvalue weighted by atomic mass is 16.4. The summed E-state index contributed by atoms with van der Waals surface area (Å²) in [5, 5.41) is 11.6. The van der Waals surface area contributed by atoms with Gasteiger partial charge >= 0.3 is 5.97 Å². The van der Waals surface area contributed by atoms with Crippen molar-refractivity contribution in [2.24, 2.45) is 5.73 Å². The first kappa shape index (κ1) is 20.2. The Hall–Kier alpha value is -3.15. The molecule has 2 aromatic rings. The fraction of sp³-hybridized carbons (Fsp3) is 0.286. The summed E-state index contributed by atoms with van der Waals surface area (Å²) in [6.45, 7) is 6.25. The fourth-order valence-electron chi connectivity index (χ4n) is 2.61. The normalized spacial score (nSPS) is 12.3. The number of rotatable bonds is 6. The molecule has 6 nitrogen and oxygen atoms in total. The van der Waals surface area contributed by atoms with Crippen molar-refractivity contribution in [2.45, 2.75) is 38.6 Å². The highest BCUT2D eigenvalue weighted by Crippen LogP contribution is 2.22. The van der Waals surface area contributed by atoms with Crippen molar-refractivity contribution in [3.8, 4) is 0 Å². The van der Waals surface area contributed by atoms with Crippen LogP contribution in [0.1, 0.15) is 52.6 Å². The second-order valence-corrected chi connectivity index (χ2v) is 7.46. The molecule has 0 aliphatic carbocycles. The topological polar surface area (TPSA) is 109 Å². The quantitative estimate of drug-likeness (QED) is 0.728. The highest BCUT2D eigenvalue weighted by Gasteiger charge is 2.20. The molecule has 0 aliphatic rings. The summed E-state index contributed by atoms with van der Waals surface area (Å²) in [5.74, 6) is -2.07. The van der Waals surface area contributed by atoms with Gasteiger partial charge < -0.3 is 16.2 Å². The maximum absolute atomic E-state index is 12.5. The Morgan fingerprint density at radius 1 is 0.963 bits per heavy atom. The molecule has 0 aliphatic heterocycles. The van der Waals surface area contributed by atoms with Crippen molar-refractivity contribution in [1.82, 2.24) is 5.32 Å². The zero-order chi connectivity index (χ0) is 20.2. The third kappa shape index (κ3) is 5.41. The van der Waals surface area contributed by atoms with Crippen LogP contribution in [0.5, 0.6) is 0 Å². The lowest BCUT2D eigenvalue weighted by molar-refractivity contribution is -0.119. The molecule has 2 rings (SSSR count). The van der Waals surface area contributed by atoms with E-state index >= 15 is 0 Å². The molecule has 0 spiro atoms. The van der Waals surface area contributed by atoms with Crippen LogP contribution < -0.4 is 11.1 Å². The lowest BCUT2D eigenvalue weighted by Crippen LogP contribution is -2.45. The number of aromatic carboxylic acids is 1. The van der Waals surface area contributed by atoms with Crippen molar-refractivity contribution in [2.75, 3.05) is 0 Å². The molecule has 0 bridgehead atoms. The molecule has 2 aromatic carbocycles. The average molecular weight is 368 g/mol. The lowest BCUT2D eigenvalue weighted by atomic mass is 9.86. The van der Waals surface area contributed by atoms with Gasteiger partial charge in [0, 0.05) is 12.0 Å². The third-order valence-corrected chi connectivity index (χ3v) is 4.30. The Morgan fingerprint density at radius 2 is 1.48 bits per heavy atom. The van der Waals surface area contributed by atoms with E-state index in [1.165, 1.54) is 12.1 Å². The number of nitrogens with one attached hydrogen (secondary N) is 1. The van der Waals surface area contributed by atoms with Gasteiger partial charge in [-0.3, -0.25) is 9.59 Å². The van der Waals surface area contributed by atoms with Gasteiger partial charge in [-0.05, 0) is 40.8 Å². The minimum absolute atomic E-state index is 0.0210. The molecule has 0 aromatic heterocycles. The van der Waals surface area contributed by atoms with Crippen molar-refractivity contribution < 1.29 is 19.5 Å². The molecule has 0 heterocycles. The van der Waals surface area contributed by atoms with Crippen LogP contribution in [0.3, 0.4) is 0 Å². The monoisotopic (exact) mass is 368 g/mol. The van der Waals surface area contributed by atoms with Crippen LogP contribution in [0, 0.1) is 0 Å². The summed E-state index contributed by atoms with van der Waals surface area (Å²) in [5.41, 5.74) is 7.79. The molecule has 1 atom stereocenters. The smallest absolute Gasteiger partial charge is 0.335 e. The molecular weight excluding hydrogens is 344 g/mol. The molecule has 142 valence electrons. The van der Waals surface area contributed by atoms with E-state index in [-0.39, 0.29) is 23.3 Å².